The molecule has 1 N–H and O–H groups in total. The summed E-state index contributed by atoms with van der Waals surface area (Å²) in [4.78, 5) is 28.2. The van der Waals surface area contributed by atoms with Crippen molar-refractivity contribution >= 4 is 16.9 Å². The SMILES string of the molecule is Cn1cc(Cc2ccc(C(=O)O)cc2)c(=O)c2cc(C#CCc3ccncc3)ccc21. The van der Waals surface area contributed by atoms with Gasteiger partial charge >= 0.3 is 5.97 Å². The number of aromatic nitrogens is 2. The Hall–Kier alpha value is -4.17. The van der Waals surface area contributed by atoms with Crippen molar-refractivity contribution in [2.45, 2.75) is 12.8 Å². The molecule has 4 aromatic rings. The van der Waals surface area contributed by atoms with E-state index in [1.54, 1.807) is 36.7 Å². The number of hydrogen-bond donors (Lipinski definition) is 1. The Balaban J connectivity index is 1.65. The maximum Gasteiger partial charge on any atom is 0.335 e. The predicted octanol–water partition coefficient (Wildman–Crippen LogP) is 3.82. The summed E-state index contributed by atoms with van der Waals surface area (Å²) in [6, 6.07) is 16.1. The highest BCUT2D eigenvalue weighted by Crippen LogP contribution is 2.16. The van der Waals surface area contributed by atoms with Crippen molar-refractivity contribution in [2.24, 2.45) is 7.05 Å². The van der Waals surface area contributed by atoms with Gasteiger partial charge in [-0.1, -0.05) is 24.0 Å². The molecule has 0 bridgehead atoms. The maximum atomic E-state index is 13.1. The van der Waals surface area contributed by atoms with Crippen LogP contribution in [-0.2, 0) is 19.9 Å². The van der Waals surface area contributed by atoms with Crippen molar-refractivity contribution in [3.05, 3.63) is 111 Å². The van der Waals surface area contributed by atoms with Crippen molar-refractivity contribution in [2.75, 3.05) is 0 Å². The van der Waals surface area contributed by atoms with Gasteiger partial charge in [-0.15, -0.1) is 0 Å². The zero-order valence-electron chi connectivity index (χ0n) is 17.0. The number of pyridine rings is 2. The predicted molar refractivity (Wildman–Crippen MR) is 120 cm³/mol. The molecule has 0 aliphatic heterocycles. The minimum atomic E-state index is -0.967. The molecule has 0 atom stereocenters. The zero-order chi connectivity index (χ0) is 21.8. The normalized spacial score (nSPS) is 10.5. The Morgan fingerprint density at radius 3 is 2.48 bits per heavy atom. The average molecular weight is 408 g/mol. The molecule has 4 rings (SSSR count). The first kappa shape index (κ1) is 20.1. The van der Waals surface area contributed by atoms with Crippen molar-refractivity contribution in [1.82, 2.24) is 9.55 Å². The van der Waals surface area contributed by atoms with Crippen molar-refractivity contribution in [1.29, 1.82) is 0 Å². The molecule has 0 aliphatic carbocycles. The molecule has 0 fully saturated rings. The van der Waals surface area contributed by atoms with E-state index in [1.807, 2.05) is 48.1 Å². The summed E-state index contributed by atoms with van der Waals surface area (Å²) in [5, 5.41) is 9.67. The zero-order valence-corrected chi connectivity index (χ0v) is 17.0. The van der Waals surface area contributed by atoms with E-state index in [4.69, 9.17) is 5.11 Å². The molecule has 0 saturated heterocycles. The highest BCUT2D eigenvalue weighted by Gasteiger charge is 2.10. The lowest BCUT2D eigenvalue weighted by Crippen LogP contribution is -2.14. The van der Waals surface area contributed by atoms with Gasteiger partial charge < -0.3 is 9.67 Å². The summed E-state index contributed by atoms with van der Waals surface area (Å²) >= 11 is 0. The van der Waals surface area contributed by atoms with Crippen LogP contribution in [0.2, 0.25) is 0 Å². The quantitative estimate of drug-likeness (QED) is 0.521. The lowest BCUT2D eigenvalue weighted by Gasteiger charge is -2.10. The Morgan fingerprint density at radius 1 is 1.03 bits per heavy atom. The van der Waals surface area contributed by atoms with E-state index >= 15 is 0 Å². The van der Waals surface area contributed by atoms with E-state index in [-0.39, 0.29) is 11.0 Å². The third-order valence-corrected chi connectivity index (χ3v) is 5.13. The average Bonchev–Trinajstić information content (AvgIpc) is 2.78. The van der Waals surface area contributed by atoms with Gasteiger partial charge in [0.15, 0.2) is 5.43 Å². The highest BCUT2D eigenvalue weighted by molar-refractivity contribution is 5.87. The molecule has 5 heteroatoms. The van der Waals surface area contributed by atoms with Gasteiger partial charge in [-0.3, -0.25) is 9.78 Å². The van der Waals surface area contributed by atoms with Crippen LogP contribution in [0, 0.1) is 11.8 Å². The molecule has 31 heavy (non-hydrogen) atoms. The van der Waals surface area contributed by atoms with E-state index in [0.29, 0.717) is 23.8 Å². The number of benzene rings is 2. The molecule has 0 unspecified atom stereocenters. The maximum absolute atomic E-state index is 13.1. The first-order valence-corrected chi connectivity index (χ1v) is 9.83. The molecule has 2 heterocycles. The molecule has 152 valence electrons. The number of aryl methyl sites for hydroxylation is 1. The van der Waals surface area contributed by atoms with Crippen LogP contribution in [-0.4, -0.2) is 20.6 Å². The van der Waals surface area contributed by atoms with Gasteiger partial charge in [0, 0.05) is 55.0 Å². The third kappa shape index (κ3) is 4.54. The topological polar surface area (TPSA) is 72.2 Å². The van der Waals surface area contributed by atoms with Crippen LogP contribution in [0.3, 0.4) is 0 Å². The van der Waals surface area contributed by atoms with E-state index < -0.39 is 5.97 Å². The third-order valence-electron chi connectivity index (χ3n) is 5.13. The van der Waals surface area contributed by atoms with Crippen molar-refractivity contribution in [3.8, 4) is 11.8 Å². The van der Waals surface area contributed by atoms with Crippen LogP contribution in [0.1, 0.15) is 32.6 Å². The van der Waals surface area contributed by atoms with E-state index in [0.717, 1.165) is 22.2 Å². The fourth-order valence-electron chi connectivity index (χ4n) is 3.50. The summed E-state index contributed by atoms with van der Waals surface area (Å²) in [6.45, 7) is 0. The number of aromatic carboxylic acids is 1. The van der Waals surface area contributed by atoms with Crippen LogP contribution in [0.5, 0.6) is 0 Å². The van der Waals surface area contributed by atoms with Gasteiger partial charge in [0.25, 0.3) is 0 Å². The van der Waals surface area contributed by atoms with Gasteiger partial charge in [0.1, 0.15) is 0 Å². The summed E-state index contributed by atoms with van der Waals surface area (Å²) in [6.07, 6.45) is 6.37. The van der Waals surface area contributed by atoms with Crippen molar-refractivity contribution in [3.63, 3.8) is 0 Å². The minimum absolute atomic E-state index is 0.0341. The van der Waals surface area contributed by atoms with Crippen molar-refractivity contribution < 1.29 is 9.90 Å². The molecule has 5 nitrogen and oxygen atoms in total. The molecule has 0 radical (unpaired) electrons. The second kappa shape index (κ2) is 8.68. The van der Waals surface area contributed by atoms with E-state index in [1.165, 1.54) is 0 Å². The number of hydrogen-bond acceptors (Lipinski definition) is 3. The molecule has 0 aliphatic rings. The second-order valence-electron chi connectivity index (χ2n) is 7.34. The van der Waals surface area contributed by atoms with Crippen LogP contribution >= 0.6 is 0 Å². The first-order chi connectivity index (χ1) is 15.0. The molecule has 2 aromatic heterocycles. The van der Waals surface area contributed by atoms with Gasteiger partial charge in [-0.25, -0.2) is 4.79 Å². The number of nitrogens with zero attached hydrogens (tertiary/aromatic N) is 2. The summed E-state index contributed by atoms with van der Waals surface area (Å²) in [5.41, 5.74) is 4.46. The second-order valence-corrected chi connectivity index (χ2v) is 7.34. The van der Waals surface area contributed by atoms with Crippen LogP contribution in [0.25, 0.3) is 10.9 Å². The number of fused-ring (bicyclic) bond motifs is 1. The molecule has 0 saturated carbocycles. The Labute approximate surface area is 179 Å². The van der Waals surface area contributed by atoms with E-state index in [2.05, 4.69) is 16.8 Å². The Bertz CT molecular complexity index is 1380. The largest absolute Gasteiger partial charge is 0.478 e. The Kier molecular flexibility index (Phi) is 5.63. The van der Waals surface area contributed by atoms with Crippen LogP contribution in [0.15, 0.2) is 78.0 Å². The number of rotatable bonds is 4. The summed E-state index contributed by atoms with van der Waals surface area (Å²) in [7, 11) is 1.91. The molecule has 0 amide bonds. The fourth-order valence-corrected chi connectivity index (χ4v) is 3.50. The standard InChI is InChI=1S/C26H20N2O3/c1-28-17-22(15-20-5-8-21(9-6-20)26(30)31)25(29)23-16-19(7-10-24(23)28)4-2-3-18-11-13-27-14-12-18/h5-14,16-17H,3,15H2,1H3,(H,30,31). The molecule has 2 aromatic carbocycles. The summed E-state index contributed by atoms with van der Waals surface area (Å²) < 4.78 is 1.94. The number of carboxylic acids is 1. The van der Waals surface area contributed by atoms with Crippen LogP contribution < -0.4 is 5.43 Å². The lowest BCUT2D eigenvalue weighted by atomic mass is 10.0. The lowest BCUT2D eigenvalue weighted by molar-refractivity contribution is 0.0697. The first-order valence-electron chi connectivity index (χ1n) is 9.83. The van der Waals surface area contributed by atoms with Gasteiger partial charge in [0.05, 0.1) is 11.1 Å². The minimum Gasteiger partial charge on any atom is -0.478 e. The monoisotopic (exact) mass is 408 g/mol. The van der Waals surface area contributed by atoms with Crippen LogP contribution in [0.4, 0.5) is 0 Å². The highest BCUT2D eigenvalue weighted by atomic mass is 16.4. The van der Waals surface area contributed by atoms with Gasteiger partial charge in [0.2, 0.25) is 0 Å². The number of carboxylic acid groups (broad SMARTS) is 1. The van der Waals surface area contributed by atoms with Gasteiger partial charge in [-0.05, 0) is 53.6 Å². The molecular formula is C26H20N2O3. The summed E-state index contributed by atoms with van der Waals surface area (Å²) in [5.74, 6) is 5.33. The Morgan fingerprint density at radius 2 is 1.77 bits per heavy atom. The molecular weight excluding hydrogens is 388 g/mol. The van der Waals surface area contributed by atoms with Gasteiger partial charge in [-0.2, -0.15) is 0 Å². The van der Waals surface area contributed by atoms with E-state index in [9.17, 15) is 9.59 Å². The molecule has 0 spiro atoms. The smallest absolute Gasteiger partial charge is 0.335 e. The number of carbonyl (C=O) groups is 1. The fraction of sp³-hybridized carbons (Fsp3) is 0.115.